The number of methoxy groups -OCH3 is 1. The molecule has 0 aromatic rings. The highest BCUT2D eigenvalue weighted by atomic mass is 16.5. The van der Waals surface area contributed by atoms with Crippen molar-refractivity contribution in [3.8, 4) is 0 Å². The van der Waals surface area contributed by atoms with Crippen LogP contribution in [0.4, 0.5) is 0 Å². The van der Waals surface area contributed by atoms with Gasteiger partial charge in [-0.3, -0.25) is 4.79 Å². The van der Waals surface area contributed by atoms with Crippen molar-refractivity contribution in [2.24, 2.45) is 5.41 Å². The molecule has 0 saturated carbocycles. The summed E-state index contributed by atoms with van der Waals surface area (Å²) in [6.07, 6.45) is 10.8. The number of ether oxygens (including phenoxy) is 1. The zero-order chi connectivity index (χ0) is 14.0. The molecule has 1 amide bonds. The molecular weight excluding hydrogens is 226 g/mol. The quantitative estimate of drug-likeness (QED) is 0.776. The molecule has 0 spiro atoms. The fourth-order valence-corrected chi connectivity index (χ4v) is 1.36. The zero-order valence-electron chi connectivity index (χ0n) is 12.1. The molecule has 0 bridgehead atoms. The molecule has 0 aromatic heterocycles. The lowest BCUT2D eigenvalue weighted by molar-refractivity contribution is -0.108. The molecule has 0 heterocycles. The van der Waals surface area contributed by atoms with Crippen molar-refractivity contribution < 1.29 is 9.53 Å². The third-order valence-electron chi connectivity index (χ3n) is 2.71. The van der Waals surface area contributed by atoms with E-state index in [2.05, 4.69) is 45.2 Å². The molecule has 0 saturated heterocycles. The van der Waals surface area contributed by atoms with E-state index in [1.807, 2.05) is 12.2 Å². The number of hydrogen-bond donors (Lipinski definition) is 1. The Balaban J connectivity index is 0.000000873. The summed E-state index contributed by atoms with van der Waals surface area (Å²) in [5.41, 5.74) is 0.719. The predicted octanol–water partition coefficient (Wildman–Crippen LogP) is 3.55. The van der Waals surface area contributed by atoms with E-state index in [0.717, 1.165) is 6.42 Å². The molecule has 1 aliphatic rings. The van der Waals surface area contributed by atoms with Gasteiger partial charge in [-0.1, -0.05) is 46.3 Å². The van der Waals surface area contributed by atoms with Crippen LogP contribution in [0.25, 0.3) is 0 Å². The average molecular weight is 251 g/mol. The van der Waals surface area contributed by atoms with Crippen LogP contribution >= 0.6 is 0 Å². The van der Waals surface area contributed by atoms with E-state index in [9.17, 15) is 4.79 Å². The predicted molar refractivity (Wildman–Crippen MR) is 75.9 cm³/mol. The van der Waals surface area contributed by atoms with Gasteiger partial charge >= 0.3 is 0 Å². The molecule has 0 aliphatic heterocycles. The van der Waals surface area contributed by atoms with Gasteiger partial charge in [-0.05, 0) is 18.6 Å². The molecule has 1 N–H and O–H groups in total. The molecule has 3 heteroatoms. The number of rotatable bonds is 4. The van der Waals surface area contributed by atoms with Gasteiger partial charge in [0.2, 0.25) is 6.41 Å². The van der Waals surface area contributed by atoms with Crippen LogP contribution in [-0.4, -0.2) is 13.5 Å². The Morgan fingerprint density at radius 2 is 1.83 bits per heavy atom. The van der Waals surface area contributed by atoms with Crippen molar-refractivity contribution in [1.29, 1.82) is 0 Å². The third-order valence-corrected chi connectivity index (χ3v) is 2.71. The fraction of sp³-hybridized carbons (Fsp3) is 0.533. The van der Waals surface area contributed by atoms with E-state index >= 15 is 0 Å². The molecule has 0 aromatic carbocycles. The standard InChI is InChI=1S/C12H17NO2.C3H8/c1-4-12(2)7-5-10(13-9-14)11(15-3)6-8-12;1-3-2/h5-9H,4H2,1-3H3,(H,13,14);3H2,1-2H3. The summed E-state index contributed by atoms with van der Waals surface area (Å²) in [6, 6.07) is 0. The first-order valence-corrected chi connectivity index (χ1v) is 6.43. The molecule has 1 atom stereocenters. The van der Waals surface area contributed by atoms with Gasteiger partial charge in [0.05, 0.1) is 12.8 Å². The lowest BCUT2D eigenvalue weighted by atomic mass is 9.87. The van der Waals surface area contributed by atoms with Crippen LogP contribution in [0.15, 0.2) is 35.8 Å². The second kappa shape index (κ2) is 8.56. The normalized spacial score (nSPS) is 21.8. The van der Waals surface area contributed by atoms with Gasteiger partial charge in [0.1, 0.15) is 5.76 Å². The number of allylic oxidation sites excluding steroid dienone is 4. The highest BCUT2D eigenvalue weighted by molar-refractivity contribution is 5.53. The van der Waals surface area contributed by atoms with Gasteiger partial charge in [0, 0.05) is 5.41 Å². The van der Waals surface area contributed by atoms with Gasteiger partial charge in [-0.2, -0.15) is 0 Å². The third kappa shape index (κ3) is 5.21. The van der Waals surface area contributed by atoms with Crippen LogP contribution in [0.2, 0.25) is 0 Å². The Morgan fingerprint density at radius 3 is 2.28 bits per heavy atom. The van der Waals surface area contributed by atoms with Crippen LogP contribution < -0.4 is 5.32 Å². The van der Waals surface area contributed by atoms with Crippen molar-refractivity contribution in [1.82, 2.24) is 5.32 Å². The SMILES string of the molecule is CCC.CCC1(C)C=CC(NC=O)=C(OC)C=C1. The molecule has 0 radical (unpaired) electrons. The molecule has 0 fully saturated rings. The highest BCUT2D eigenvalue weighted by Gasteiger charge is 2.17. The number of nitrogens with one attached hydrogen (secondary N) is 1. The molecule has 1 unspecified atom stereocenters. The van der Waals surface area contributed by atoms with E-state index in [1.165, 1.54) is 6.42 Å². The fourth-order valence-electron chi connectivity index (χ4n) is 1.36. The first-order chi connectivity index (χ1) is 8.56. The number of hydrogen-bond acceptors (Lipinski definition) is 2. The monoisotopic (exact) mass is 251 g/mol. The Bertz CT molecular complexity index is 342. The van der Waals surface area contributed by atoms with Crippen LogP contribution in [-0.2, 0) is 9.53 Å². The van der Waals surface area contributed by atoms with Gasteiger partial charge in [-0.25, -0.2) is 0 Å². The summed E-state index contributed by atoms with van der Waals surface area (Å²) in [5, 5.41) is 2.62. The van der Waals surface area contributed by atoms with Gasteiger partial charge in [-0.15, -0.1) is 0 Å². The van der Waals surface area contributed by atoms with E-state index in [4.69, 9.17) is 4.74 Å². The first-order valence-electron chi connectivity index (χ1n) is 6.43. The minimum Gasteiger partial charge on any atom is -0.495 e. The van der Waals surface area contributed by atoms with E-state index < -0.39 is 0 Å². The summed E-state index contributed by atoms with van der Waals surface area (Å²) < 4.78 is 5.19. The molecule has 1 rings (SSSR count). The summed E-state index contributed by atoms with van der Waals surface area (Å²) in [5.74, 6) is 0.676. The molecular formula is C15H25NO2. The summed E-state index contributed by atoms with van der Waals surface area (Å²) in [6.45, 7) is 8.51. The van der Waals surface area contributed by atoms with Gasteiger partial charge < -0.3 is 10.1 Å². The van der Waals surface area contributed by atoms with Crippen molar-refractivity contribution in [2.75, 3.05) is 7.11 Å². The minimum atomic E-state index is 0.0239. The van der Waals surface area contributed by atoms with Crippen molar-refractivity contribution in [3.63, 3.8) is 0 Å². The highest BCUT2D eigenvalue weighted by Crippen LogP contribution is 2.28. The van der Waals surface area contributed by atoms with Crippen molar-refractivity contribution in [2.45, 2.75) is 40.5 Å². The average Bonchev–Trinajstić information content (AvgIpc) is 2.52. The smallest absolute Gasteiger partial charge is 0.211 e. The zero-order valence-corrected chi connectivity index (χ0v) is 12.1. The Hall–Kier alpha value is -1.51. The maximum Gasteiger partial charge on any atom is 0.211 e. The van der Waals surface area contributed by atoms with E-state index in [-0.39, 0.29) is 5.41 Å². The van der Waals surface area contributed by atoms with Gasteiger partial charge in [0.15, 0.2) is 0 Å². The maximum absolute atomic E-state index is 10.4. The molecule has 3 nitrogen and oxygen atoms in total. The van der Waals surface area contributed by atoms with Crippen molar-refractivity contribution >= 4 is 6.41 Å². The summed E-state index contributed by atoms with van der Waals surface area (Å²) >= 11 is 0. The number of carbonyl (C=O) groups is 1. The number of amides is 1. The molecule has 1 aliphatic carbocycles. The lowest BCUT2D eigenvalue weighted by Crippen LogP contribution is -2.11. The van der Waals surface area contributed by atoms with Crippen LogP contribution in [0.1, 0.15) is 40.5 Å². The Labute approximate surface area is 111 Å². The summed E-state index contributed by atoms with van der Waals surface area (Å²) in [7, 11) is 1.59. The molecule has 102 valence electrons. The largest absolute Gasteiger partial charge is 0.495 e. The van der Waals surface area contributed by atoms with Crippen LogP contribution in [0, 0.1) is 5.41 Å². The van der Waals surface area contributed by atoms with Crippen LogP contribution in [0.3, 0.4) is 0 Å². The second-order valence-electron chi connectivity index (χ2n) is 4.48. The number of carbonyl (C=O) groups excluding carboxylic acids is 1. The summed E-state index contributed by atoms with van der Waals surface area (Å²) in [4.78, 5) is 10.4. The lowest BCUT2D eigenvalue weighted by Gasteiger charge is -2.17. The van der Waals surface area contributed by atoms with Crippen LogP contribution in [0.5, 0.6) is 0 Å². The molecule has 18 heavy (non-hydrogen) atoms. The first kappa shape index (κ1) is 16.5. The van der Waals surface area contributed by atoms with Crippen molar-refractivity contribution in [3.05, 3.63) is 35.8 Å². The Morgan fingerprint density at radius 1 is 1.28 bits per heavy atom. The van der Waals surface area contributed by atoms with Gasteiger partial charge in [0.25, 0.3) is 0 Å². The van der Waals surface area contributed by atoms with E-state index in [1.54, 1.807) is 7.11 Å². The second-order valence-corrected chi connectivity index (χ2v) is 4.48. The van der Waals surface area contributed by atoms with E-state index in [0.29, 0.717) is 17.9 Å². The minimum absolute atomic E-state index is 0.0239. The topological polar surface area (TPSA) is 38.3 Å². The Kier molecular flexibility index (Phi) is 7.84. The maximum atomic E-state index is 10.4.